The molecule has 1 unspecified atom stereocenters. The van der Waals surface area contributed by atoms with Gasteiger partial charge in [0.2, 0.25) is 0 Å². The van der Waals surface area contributed by atoms with Gasteiger partial charge < -0.3 is 9.84 Å². The number of hydrogen-bond donors (Lipinski definition) is 1. The van der Waals surface area contributed by atoms with Gasteiger partial charge in [0.1, 0.15) is 5.82 Å². The Morgan fingerprint density at radius 1 is 1.41 bits per heavy atom. The Morgan fingerprint density at radius 2 is 2.12 bits per heavy atom. The van der Waals surface area contributed by atoms with Crippen molar-refractivity contribution in [3.63, 3.8) is 0 Å². The molecule has 1 heterocycles. The summed E-state index contributed by atoms with van der Waals surface area (Å²) in [4.78, 5) is 2.04. The minimum atomic E-state index is -0.901. The van der Waals surface area contributed by atoms with Gasteiger partial charge in [-0.1, -0.05) is 17.7 Å². The van der Waals surface area contributed by atoms with Gasteiger partial charge in [0.15, 0.2) is 0 Å². The number of morpholine rings is 1. The van der Waals surface area contributed by atoms with E-state index in [0.29, 0.717) is 19.8 Å². The lowest BCUT2D eigenvalue weighted by atomic mass is 10.1. The fraction of sp³-hybridized carbons (Fsp3) is 0.500. The minimum absolute atomic E-state index is 0.181. The van der Waals surface area contributed by atoms with Gasteiger partial charge >= 0.3 is 0 Å². The highest BCUT2D eigenvalue weighted by molar-refractivity contribution is 6.31. The van der Waals surface area contributed by atoms with Crippen molar-refractivity contribution in [2.75, 3.05) is 32.8 Å². The fourth-order valence-electron chi connectivity index (χ4n) is 1.95. The molecule has 94 valence electrons. The van der Waals surface area contributed by atoms with Crippen LogP contribution in [0.25, 0.3) is 0 Å². The second-order valence-corrected chi connectivity index (χ2v) is 4.47. The van der Waals surface area contributed by atoms with Crippen LogP contribution in [0.15, 0.2) is 18.2 Å². The molecule has 0 bridgehead atoms. The van der Waals surface area contributed by atoms with Crippen LogP contribution in [0.1, 0.15) is 11.7 Å². The first kappa shape index (κ1) is 12.8. The maximum atomic E-state index is 13.6. The quantitative estimate of drug-likeness (QED) is 0.899. The van der Waals surface area contributed by atoms with Crippen molar-refractivity contribution < 1.29 is 14.2 Å². The summed E-state index contributed by atoms with van der Waals surface area (Å²) >= 11 is 5.90. The Hall–Kier alpha value is -0.680. The molecule has 0 saturated carbocycles. The van der Waals surface area contributed by atoms with Gasteiger partial charge in [-0.25, -0.2) is 4.39 Å². The van der Waals surface area contributed by atoms with Gasteiger partial charge in [-0.3, -0.25) is 4.90 Å². The number of nitrogens with zero attached hydrogens (tertiary/aromatic N) is 1. The average Bonchev–Trinajstić information content (AvgIpc) is 2.30. The van der Waals surface area contributed by atoms with Crippen LogP contribution in [0.4, 0.5) is 4.39 Å². The second kappa shape index (κ2) is 5.78. The Kier molecular flexibility index (Phi) is 4.34. The zero-order chi connectivity index (χ0) is 12.3. The van der Waals surface area contributed by atoms with Crippen molar-refractivity contribution in [2.24, 2.45) is 0 Å². The normalized spacial score (nSPS) is 19.2. The van der Waals surface area contributed by atoms with Crippen molar-refractivity contribution in [1.29, 1.82) is 0 Å². The molecule has 3 nitrogen and oxygen atoms in total. The zero-order valence-electron chi connectivity index (χ0n) is 9.40. The van der Waals surface area contributed by atoms with E-state index in [2.05, 4.69) is 0 Å². The largest absolute Gasteiger partial charge is 0.387 e. The topological polar surface area (TPSA) is 32.7 Å². The molecule has 1 aliphatic heterocycles. The Labute approximate surface area is 105 Å². The van der Waals surface area contributed by atoms with E-state index in [0.717, 1.165) is 13.1 Å². The van der Waals surface area contributed by atoms with Gasteiger partial charge in [-0.05, 0) is 12.1 Å². The van der Waals surface area contributed by atoms with Crippen LogP contribution >= 0.6 is 11.6 Å². The molecule has 0 aliphatic carbocycles. The summed E-state index contributed by atoms with van der Waals surface area (Å²) in [5.41, 5.74) is 0.181. The summed E-state index contributed by atoms with van der Waals surface area (Å²) in [6, 6.07) is 4.43. The van der Waals surface area contributed by atoms with Gasteiger partial charge in [0.25, 0.3) is 0 Å². The molecule has 2 rings (SSSR count). The molecular formula is C12H15ClFNO2. The van der Waals surface area contributed by atoms with Crippen LogP contribution in [0.2, 0.25) is 5.02 Å². The molecule has 0 radical (unpaired) electrons. The van der Waals surface area contributed by atoms with E-state index in [1.807, 2.05) is 4.90 Å². The number of ether oxygens (including phenoxy) is 1. The molecule has 1 N–H and O–H groups in total. The standard InChI is InChI=1S/C12H15ClFNO2/c13-9-2-1-3-10(14)12(9)11(16)8-15-4-6-17-7-5-15/h1-3,11,16H,4-8H2. The van der Waals surface area contributed by atoms with Gasteiger partial charge in [-0.2, -0.15) is 0 Å². The predicted molar refractivity (Wildman–Crippen MR) is 63.6 cm³/mol. The highest BCUT2D eigenvalue weighted by atomic mass is 35.5. The number of benzene rings is 1. The third-order valence-electron chi connectivity index (χ3n) is 2.87. The van der Waals surface area contributed by atoms with Crippen molar-refractivity contribution in [3.05, 3.63) is 34.6 Å². The van der Waals surface area contributed by atoms with E-state index >= 15 is 0 Å². The number of hydrogen-bond acceptors (Lipinski definition) is 3. The second-order valence-electron chi connectivity index (χ2n) is 4.06. The lowest BCUT2D eigenvalue weighted by Gasteiger charge is -2.28. The van der Waals surface area contributed by atoms with E-state index in [-0.39, 0.29) is 10.6 Å². The SMILES string of the molecule is OC(CN1CCOCC1)c1c(F)cccc1Cl. The van der Waals surface area contributed by atoms with Gasteiger partial charge in [0.05, 0.1) is 19.3 Å². The summed E-state index contributed by atoms with van der Waals surface area (Å²) in [6.45, 7) is 3.19. The first-order valence-electron chi connectivity index (χ1n) is 5.60. The third-order valence-corrected chi connectivity index (χ3v) is 3.20. The van der Waals surface area contributed by atoms with Crippen LogP contribution < -0.4 is 0 Å². The fourth-order valence-corrected chi connectivity index (χ4v) is 2.24. The average molecular weight is 260 g/mol. The summed E-state index contributed by atoms with van der Waals surface area (Å²) < 4.78 is 18.8. The van der Waals surface area contributed by atoms with E-state index in [4.69, 9.17) is 16.3 Å². The number of aliphatic hydroxyl groups is 1. The lowest BCUT2D eigenvalue weighted by molar-refractivity contribution is 0.0137. The van der Waals surface area contributed by atoms with E-state index in [1.54, 1.807) is 6.07 Å². The van der Waals surface area contributed by atoms with Crippen LogP contribution in [-0.4, -0.2) is 42.9 Å². The van der Waals surface area contributed by atoms with E-state index < -0.39 is 11.9 Å². The van der Waals surface area contributed by atoms with Crippen molar-refractivity contribution in [2.45, 2.75) is 6.10 Å². The van der Waals surface area contributed by atoms with Crippen LogP contribution in [0.5, 0.6) is 0 Å². The summed E-state index contributed by atoms with van der Waals surface area (Å²) in [6.07, 6.45) is -0.901. The Morgan fingerprint density at radius 3 is 2.76 bits per heavy atom. The molecule has 0 amide bonds. The van der Waals surface area contributed by atoms with E-state index in [9.17, 15) is 9.50 Å². The van der Waals surface area contributed by atoms with Crippen LogP contribution in [0.3, 0.4) is 0 Å². The minimum Gasteiger partial charge on any atom is -0.387 e. The molecule has 1 aliphatic rings. The van der Waals surface area contributed by atoms with Gasteiger partial charge in [-0.15, -0.1) is 0 Å². The highest BCUT2D eigenvalue weighted by Gasteiger charge is 2.20. The maximum absolute atomic E-state index is 13.6. The Balaban J connectivity index is 2.05. The first-order valence-corrected chi connectivity index (χ1v) is 5.98. The van der Waals surface area contributed by atoms with Crippen LogP contribution in [-0.2, 0) is 4.74 Å². The molecule has 1 aromatic rings. The summed E-state index contributed by atoms with van der Waals surface area (Å²) in [5.74, 6) is -0.460. The van der Waals surface area contributed by atoms with Crippen LogP contribution in [0, 0.1) is 5.82 Å². The highest BCUT2D eigenvalue weighted by Crippen LogP contribution is 2.26. The van der Waals surface area contributed by atoms with Crippen molar-refractivity contribution >= 4 is 11.6 Å². The number of β-amino-alcohol motifs (C(OH)–C–C–N with tert-alkyl or cyclic N) is 1. The predicted octanol–water partition coefficient (Wildman–Crippen LogP) is 1.84. The molecule has 5 heteroatoms. The summed E-state index contributed by atoms with van der Waals surface area (Å²) in [7, 11) is 0. The third kappa shape index (κ3) is 3.16. The molecule has 17 heavy (non-hydrogen) atoms. The van der Waals surface area contributed by atoms with E-state index in [1.165, 1.54) is 12.1 Å². The monoisotopic (exact) mass is 259 g/mol. The number of rotatable bonds is 3. The molecule has 1 aromatic carbocycles. The Bertz CT molecular complexity index is 363. The maximum Gasteiger partial charge on any atom is 0.130 e. The zero-order valence-corrected chi connectivity index (χ0v) is 10.2. The number of aliphatic hydroxyl groups excluding tert-OH is 1. The molecule has 1 fully saturated rings. The molecule has 1 atom stereocenters. The van der Waals surface area contributed by atoms with Gasteiger partial charge in [0, 0.05) is 30.2 Å². The molecule has 0 aromatic heterocycles. The molecule has 0 spiro atoms. The lowest BCUT2D eigenvalue weighted by Crippen LogP contribution is -2.39. The molecular weight excluding hydrogens is 245 g/mol. The number of halogens is 2. The first-order chi connectivity index (χ1) is 8.18. The smallest absolute Gasteiger partial charge is 0.130 e. The summed E-state index contributed by atoms with van der Waals surface area (Å²) in [5, 5.41) is 10.3. The van der Waals surface area contributed by atoms with Crippen molar-refractivity contribution in [1.82, 2.24) is 4.90 Å². The van der Waals surface area contributed by atoms with Crippen molar-refractivity contribution in [3.8, 4) is 0 Å². The molecule has 1 saturated heterocycles.